The van der Waals surface area contributed by atoms with Gasteiger partial charge >= 0.3 is 0 Å². The summed E-state index contributed by atoms with van der Waals surface area (Å²) in [5.74, 6) is 1.20. The molecule has 1 saturated carbocycles. The number of aliphatic hydroxyl groups is 1. The molecule has 90 valence electrons. The van der Waals surface area contributed by atoms with Crippen LogP contribution in [0.15, 0.2) is 0 Å². The van der Waals surface area contributed by atoms with Crippen molar-refractivity contribution in [1.29, 1.82) is 0 Å². The Morgan fingerprint density at radius 1 is 1.40 bits per heavy atom. The fourth-order valence-electron chi connectivity index (χ4n) is 2.04. The van der Waals surface area contributed by atoms with Crippen LogP contribution >= 0.6 is 11.8 Å². The molecule has 15 heavy (non-hydrogen) atoms. The molecule has 0 saturated heterocycles. The minimum atomic E-state index is 0.283. The summed E-state index contributed by atoms with van der Waals surface area (Å²) in [6, 6.07) is 0.318. The lowest BCUT2D eigenvalue weighted by Gasteiger charge is -2.16. The number of hydrogen-bond donors (Lipinski definition) is 2. The molecule has 0 amide bonds. The predicted molar refractivity (Wildman–Crippen MR) is 68.5 cm³/mol. The summed E-state index contributed by atoms with van der Waals surface area (Å²) in [6.07, 6.45) is 7.93. The monoisotopic (exact) mass is 231 g/mol. The Balaban J connectivity index is 2.00. The van der Waals surface area contributed by atoms with E-state index in [2.05, 4.69) is 24.0 Å². The van der Waals surface area contributed by atoms with Gasteiger partial charge in [0.2, 0.25) is 0 Å². The second kappa shape index (κ2) is 8.43. The van der Waals surface area contributed by atoms with Crippen LogP contribution in [-0.2, 0) is 0 Å². The third-order valence-electron chi connectivity index (χ3n) is 3.03. The lowest BCUT2D eigenvalue weighted by molar-refractivity contribution is 0.240. The Hall–Kier alpha value is 0.270. The van der Waals surface area contributed by atoms with E-state index in [1.807, 2.05) is 0 Å². The summed E-state index contributed by atoms with van der Waals surface area (Å²) in [4.78, 5) is 0. The lowest BCUT2D eigenvalue weighted by atomic mass is 10.2. The Labute approximate surface area is 98.2 Å². The zero-order valence-electron chi connectivity index (χ0n) is 9.87. The Morgan fingerprint density at radius 2 is 2.13 bits per heavy atom. The van der Waals surface area contributed by atoms with E-state index in [0.29, 0.717) is 6.04 Å². The van der Waals surface area contributed by atoms with Gasteiger partial charge in [0, 0.05) is 11.3 Å². The van der Waals surface area contributed by atoms with Crippen LogP contribution in [0.25, 0.3) is 0 Å². The molecular weight excluding hydrogens is 206 g/mol. The van der Waals surface area contributed by atoms with Crippen LogP contribution in [0.2, 0.25) is 0 Å². The summed E-state index contributed by atoms with van der Waals surface area (Å²) in [6.45, 7) is 3.47. The van der Waals surface area contributed by atoms with Gasteiger partial charge in [0.15, 0.2) is 0 Å². The zero-order chi connectivity index (χ0) is 10.9. The van der Waals surface area contributed by atoms with Crippen LogP contribution < -0.4 is 5.32 Å². The fourth-order valence-corrected chi connectivity index (χ4v) is 3.46. The van der Waals surface area contributed by atoms with Crippen molar-refractivity contribution in [2.45, 2.75) is 56.7 Å². The molecule has 1 aliphatic rings. The summed E-state index contributed by atoms with van der Waals surface area (Å²) < 4.78 is 0. The first kappa shape index (κ1) is 13.3. The molecule has 1 aliphatic carbocycles. The van der Waals surface area contributed by atoms with Gasteiger partial charge in [-0.2, -0.15) is 11.8 Å². The minimum Gasteiger partial charge on any atom is -0.395 e. The maximum Gasteiger partial charge on any atom is 0.0584 e. The van der Waals surface area contributed by atoms with Crippen LogP contribution in [0.3, 0.4) is 0 Å². The van der Waals surface area contributed by atoms with E-state index in [9.17, 15) is 5.11 Å². The maximum atomic E-state index is 9.17. The van der Waals surface area contributed by atoms with Gasteiger partial charge in [-0.05, 0) is 38.0 Å². The van der Waals surface area contributed by atoms with Gasteiger partial charge in [0.1, 0.15) is 0 Å². The Bertz CT molecular complexity index is 149. The molecule has 1 unspecified atom stereocenters. The van der Waals surface area contributed by atoms with E-state index in [-0.39, 0.29) is 6.61 Å². The van der Waals surface area contributed by atoms with Crippen molar-refractivity contribution in [2.24, 2.45) is 0 Å². The molecule has 0 aromatic carbocycles. The topological polar surface area (TPSA) is 32.3 Å². The first-order valence-electron chi connectivity index (χ1n) is 6.32. The highest BCUT2D eigenvalue weighted by molar-refractivity contribution is 7.99. The molecule has 0 heterocycles. The Kier molecular flexibility index (Phi) is 7.49. The van der Waals surface area contributed by atoms with E-state index >= 15 is 0 Å². The second-order valence-electron chi connectivity index (χ2n) is 4.40. The molecule has 0 aromatic rings. The molecule has 1 rings (SSSR count). The van der Waals surface area contributed by atoms with Crippen LogP contribution in [0.4, 0.5) is 0 Å². The number of aliphatic hydroxyl groups excluding tert-OH is 1. The molecule has 3 heteroatoms. The molecule has 0 spiro atoms. The summed E-state index contributed by atoms with van der Waals surface area (Å²) >= 11 is 2.11. The maximum absolute atomic E-state index is 9.17. The average Bonchev–Trinajstić information content (AvgIpc) is 2.76. The SMILES string of the molecule is CCCNC(CO)CCSC1CCCC1. The third-order valence-corrected chi connectivity index (χ3v) is 4.44. The van der Waals surface area contributed by atoms with Gasteiger partial charge in [0.05, 0.1) is 6.61 Å². The molecule has 1 fully saturated rings. The predicted octanol–water partition coefficient (Wildman–Crippen LogP) is 2.41. The summed E-state index contributed by atoms with van der Waals surface area (Å²) in [5.41, 5.74) is 0. The highest BCUT2D eigenvalue weighted by Crippen LogP contribution is 2.29. The number of nitrogens with one attached hydrogen (secondary N) is 1. The van der Waals surface area contributed by atoms with Crippen LogP contribution in [0.5, 0.6) is 0 Å². The highest BCUT2D eigenvalue weighted by atomic mass is 32.2. The van der Waals surface area contributed by atoms with E-state index in [4.69, 9.17) is 0 Å². The molecule has 0 aromatic heterocycles. The zero-order valence-corrected chi connectivity index (χ0v) is 10.7. The van der Waals surface area contributed by atoms with Crippen molar-refractivity contribution in [1.82, 2.24) is 5.32 Å². The van der Waals surface area contributed by atoms with E-state index in [0.717, 1.165) is 24.6 Å². The Morgan fingerprint density at radius 3 is 2.73 bits per heavy atom. The number of hydrogen-bond acceptors (Lipinski definition) is 3. The molecule has 0 aliphatic heterocycles. The standard InChI is InChI=1S/C12H25NOS/c1-2-8-13-11(10-14)7-9-15-12-5-3-4-6-12/h11-14H,2-10H2,1H3. The fraction of sp³-hybridized carbons (Fsp3) is 1.00. The van der Waals surface area contributed by atoms with E-state index in [1.54, 1.807) is 0 Å². The first-order valence-corrected chi connectivity index (χ1v) is 7.37. The molecule has 2 nitrogen and oxygen atoms in total. The van der Waals surface area contributed by atoms with Gasteiger partial charge in [-0.25, -0.2) is 0 Å². The van der Waals surface area contributed by atoms with Crippen molar-refractivity contribution in [3.63, 3.8) is 0 Å². The minimum absolute atomic E-state index is 0.283. The van der Waals surface area contributed by atoms with Crippen LogP contribution in [0, 0.1) is 0 Å². The van der Waals surface area contributed by atoms with Crippen LogP contribution in [-0.4, -0.2) is 35.3 Å². The van der Waals surface area contributed by atoms with Crippen molar-refractivity contribution in [2.75, 3.05) is 18.9 Å². The van der Waals surface area contributed by atoms with Gasteiger partial charge in [-0.1, -0.05) is 19.8 Å². The lowest BCUT2D eigenvalue weighted by Crippen LogP contribution is -2.33. The average molecular weight is 231 g/mol. The molecular formula is C12H25NOS. The smallest absolute Gasteiger partial charge is 0.0584 e. The second-order valence-corrected chi connectivity index (χ2v) is 5.81. The van der Waals surface area contributed by atoms with Crippen LogP contribution in [0.1, 0.15) is 45.4 Å². The van der Waals surface area contributed by atoms with Gasteiger partial charge in [-0.3, -0.25) is 0 Å². The van der Waals surface area contributed by atoms with Crippen molar-refractivity contribution >= 4 is 11.8 Å². The van der Waals surface area contributed by atoms with Gasteiger partial charge < -0.3 is 10.4 Å². The number of thioether (sulfide) groups is 1. The molecule has 0 radical (unpaired) electrons. The van der Waals surface area contributed by atoms with Crippen molar-refractivity contribution in [3.05, 3.63) is 0 Å². The largest absolute Gasteiger partial charge is 0.395 e. The normalized spacial score (nSPS) is 19.6. The van der Waals surface area contributed by atoms with Gasteiger partial charge in [0.25, 0.3) is 0 Å². The molecule has 1 atom stereocenters. The molecule has 2 N–H and O–H groups in total. The molecule has 0 bridgehead atoms. The van der Waals surface area contributed by atoms with Gasteiger partial charge in [-0.15, -0.1) is 0 Å². The summed E-state index contributed by atoms with van der Waals surface area (Å²) in [5, 5.41) is 13.5. The third kappa shape index (κ3) is 5.79. The van der Waals surface area contributed by atoms with Crippen molar-refractivity contribution in [3.8, 4) is 0 Å². The van der Waals surface area contributed by atoms with E-state index in [1.165, 1.54) is 31.4 Å². The quantitative estimate of drug-likeness (QED) is 0.673. The first-order chi connectivity index (χ1) is 7.36. The van der Waals surface area contributed by atoms with E-state index < -0.39 is 0 Å². The summed E-state index contributed by atoms with van der Waals surface area (Å²) in [7, 11) is 0. The van der Waals surface area contributed by atoms with Crippen molar-refractivity contribution < 1.29 is 5.11 Å². The number of rotatable bonds is 8. The highest BCUT2D eigenvalue weighted by Gasteiger charge is 2.15.